The number of carbonyl (C=O) groups is 2. The minimum absolute atomic E-state index is 0. The van der Waals surface area contributed by atoms with E-state index in [4.69, 9.17) is 10.2 Å². The van der Waals surface area contributed by atoms with Gasteiger partial charge in [-0.05, 0) is 17.8 Å². The van der Waals surface area contributed by atoms with E-state index < -0.39 is 17.9 Å². The summed E-state index contributed by atoms with van der Waals surface area (Å²) in [7, 11) is 0. The summed E-state index contributed by atoms with van der Waals surface area (Å²) < 4.78 is 0. The van der Waals surface area contributed by atoms with E-state index in [0.717, 1.165) is 19.3 Å². The van der Waals surface area contributed by atoms with Gasteiger partial charge in [0, 0.05) is 0 Å². The Hall–Kier alpha value is 0.576. The number of carboxylic acids is 2. The molecule has 2 N–H and O–H groups in total. The van der Waals surface area contributed by atoms with Crippen LogP contribution in [0.4, 0.5) is 0 Å². The van der Waals surface area contributed by atoms with E-state index in [2.05, 4.69) is 6.92 Å². The van der Waals surface area contributed by atoms with E-state index >= 15 is 0 Å². The van der Waals surface area contributed by atoms with Gasteiger partial charge in [0.05, 0.1) is 0 Å². The Labute approximate surface area is 173 Å². The van der Waals surface area contributed by atoms with Crippen LogP contribution in [0.1, 0.15) is 74.1 Å². The van der Waals surface area contributed by atoms with Gasteiger partial charge in [-0.25, -0.2) is 0 Å². The summed E-state index contributed by atoms with van der Waals surface area (Å²) in [5, 5.41) is 18.3. The second kappa shape index (κ2) is 12.1. The van der Waals surface area contributed by atoms with Gasteiger partial charge < -0.3 is 11.6 Å². The number of hydrogen-bond donors (Lipinski definition) is 2. The second-order valence-electron chi connectivity index (χ2n) is 6.68. The zero-order chi connectivity index (χ0) is 15.8. The molecule has 0 aliphatic heterocycles. The topological polar surface area (TPSA) is 74.6 Å². The van der Waals surface area contributed by atoms with Crippen LogP contribution in [-0.2, 0) is 9.59 Å². The second-order valence-corrected chi connectivity index (χ2v) is 6.68. The van der Waals surface area contributed by atoms with Gasteiger partial charge in [-0.15, -0.1) is 0 Å². The predicted molar refractivity (Wildman–Crippen MR) is 80.8 cm³/mol. The van der Waals surface area contributed by atoms with E-state index in [1.807, 2.05) is 20.8 Å². The molecular formula is C16H31KO4. The SMILES string of the molecule is CCCCCCCCC(C(C(=O)O)C(=O)O)C(C)(C)C.[H-].[K+]. The Morgan fingerprint density at radius 3 is 1.76 bits per heavy atom. The van der Waals surface area contributed by atoms with Crippen LogP contribution in [0.2, 0.25) is 0 Å². The first-order valence-corrected chi connectivity index (χ1v) is 7.67. The Morgan fingerprint density at radius 1 is 0.952 bits per heavy atom. The van der Waals surface area contributed by atoms with E-state index in [-0.39, 0.29) is 64.1 Å². The number of carboxylic acid groups (broad SMARTS) is 2. The maximum absolute atomic E-state index is 11.2. The fraction of sp³-hybridized carbons (Fsp3) is 0.875. The summed E-state index contributed by atoms with van der Waals surface area (Å²) in [6.07, 6.45) is 7.41. The van der Waals surface area contributed by atoms with Crippen LogP contribution in [-0.4, -0.2) is 22.2 Å². The van der Waals surface area contributed by atoms with Gasteiger partial charge in [0.1, 0.15) is 0 Å². The Bertz CT molecular complexity index is 302. The third kappa shape index (κ3) is 10.1. The zero-order valence-electron chi connectivity index (χ0n) is 15.3. The van der Waals surface area contributed by atoms with Crippen LogP contribution in [0.3, 0.4) is 0 Å². The predicted octanol–water partition coefficient (Wildman–Crippen LogP) is 1.30. The van der Waals surface area contributed by atoms with Crippen molar-refractivity contribution in [1.82, 2.24) is 0 Å². The van der Waals surface area contributed by atoms with Crippen molar-refractivity contribution in [3.63, 3.8) is 0 Å². The molecule has 0 spiro atoms. The maximum Gasteiger partial charge on any atom is 1.00 e. The Morgan fingerprint density at radius 2 is 1.38 bits per heavy atom. The fourth-order valence-corrected chi connectivity index (χ4v) is 2.69. The van der Waals surface area contributed by atoms with Crippen molar-refractivity contribution in [2.75, 3.05) is 0 Å². The smallest absolute Gasteiger partial charge is 1.00 e. The fourth-order valence-electron chi connectivity index (χ4n) is 2.69. The van der Waals surface area contributed by atoms with Crippen molar-refractivity contribution in [3.8, 4) is 0 Å². The molecule has 0 aromatic rings. The van der Waals surface area contributed by atoms with Crippen LogP contribution in [0.5, 0.6) is 0 Å². The van der Waals surface area contributed by atoms with Gasteiger partial charge >= 0.3 is 63.3 Å². The quantitative estimate of drug-likeness (QED) is 0.360. The molecule has 4 nitrogen and oxygen atoms in total. The third-order valence-electron chi connectivity index (χ3n) is 3.92. The summed E-state index contributed by atoms with van der Waals surface area (Å²) >= 11 is 0. The Kier molecular flexibility index (Phi) is 13.7. The molecule has 0 radical (unpaired) electrons. The van der Waals surface area contributed by atoms with Crippen LogP contribution in [0.25, 0.3) is 0 Å². The molecule has 0 aliphatic rings. The summed E-state index contributed by atoms with van der Waals surface area (Å²) in [6.45, 7) is 7.94. The maximum atomic E-state index is 11.2. The summed E-state index contributed by atoms with van der Waals surface area (Å²) in [5.41, 5.74) is -0.315. The van der Waals surface area contributed by atoms with Gasteiger partial charge in [-0.1, -0.05) is 66.2 Å². The largest absolute Gasteiger partial charge is 1.00 e. The third-order valence-corrected chi connectivity index (χ3v) is 3.92. The standard InChI is InChI=1S/C16H30O4.K.H/c1-5-6-7-8-9-10-11-12(16(2,3)4)13(14(17)18)15(19)20;;/h12-13H,5-11H2,1-4H3,(H,17,18)(H,19,20);;/q;+1;-1. The minimum atomic E-state index is -1.30. The van der Waals surface area contributed by atoms with Crippen LogP contribution >= 0.6 is 0 Å². The van der Waals surface area contributed by atoms with Crippen LogP contribution < -0.4 is 51.4 Å². The molecule has 120 valence electrons. The molecule has 1 unspecified atom stereocenters. The van der Waals surface area contributed by atoms with Crippen molar-refractivity contribution in [1.29, 1.82) is 0 Å². The van der Waals surface area contributed by atoms with Crippen molar-refractivity contribution >= 4 is 11.9 Å². The molecule has 0 aromatic carbocycles. The van der Waals surface area contributed by atoms with Gasteiger partial charge in [0.15, 0.2) is 5.92 Å². The van der Waals surface area contributed by atoms with E-state index in [9.17, 15) is 9.59 Å². The molecule has 0 bridgehead atoms. The number of rotatable bonds is 10. The van der Waals surface area contributed by atoms with Gasteiger partial charge in [0.2, 0.25) is 0 Å². The average molecular weight is 327 g/mol. The van der Waals surface area contributed by atoms with Crippen LogP contribution in [0, 0.1) is 17.3 Å². The normalized spacial score (nSPS) is 12.8. The van der Waals surface area contributed by atoms with Crippen molar-refractivity contribution in [2.24, 2.45) is 17.3 Å². The van der Waals surface area contributed by atoms with E-state index in [1.165, 1.54) is 19.3 Å². The molecule has 0 fully saturated rings. The molecule has 5 heteroatoms. The molecule has 0 aliphatic carbocycles. The van der Waals surface area contributed by atoms with Crippen molar-refractivity contribution in [2.45, 2.75) is 72.6 Å². The van der Waals surface area contributed by atoms with E-state index in [0.29, 0.717) is 6.42 Å². The Balaban J connectivity index is -0.00000180. The van der Waals surface area contributed by atoms with Crippen molar-refractivity contribution < 1.29 is 72.6 Å². The molecule has 1 atom stereocenters. The molecule has 0 heterocycles. The minimum Gasteiger partial charge on any atom is -1.00 e. The van der Waals surface area contributed by atoms with Crippen molar-refractivity contribution in [3.05, 3.63) is 0 Å². The van der Waals surface area contributed by atoms with E-state index in [1.54, 1.807) is 0 Å². The van der Waals surface area contributed by atoms with Crippen LogP contribution in [0.15, 0.2) is 0 Å². The number of unbranched alkanes of at least 4 members (excludes halogenated alkanes) is 5. The summed E-state index contributed by atoms with van der Waals surface area (Å²) in [4.78, 5) is 22.4. The number of hydrogen-bond acceptors (Lipinski definition) is 2. The summed E-state index contributed by atoms with van der Waals surface area (Å²) in [6, 6.07) is 0. The molecule has 0 amide bonds. The number of aliphatic carboxylic acids is 2. The molecule has 21 heavy (non-hydrogen) atoms. The van der Waals surface area contributed by atoms with Gasteiger partial charge in [0.25, 0.3) is 0 Å². The van der Waals surface area contributed by atoms with Gasteiger partial charge in [-0.3, -0.25) is 9.59 Å². The first-order chi connectivity index (χ1) is 9.21. The average Bonchev–Trinajstić information content (AvgIpc) is 2.29. The molecule has 0 saturated carbocycles. The monoisotopic (exact) mass is 326 g/mol. The summed E-state index contributed by atoms with van der Waals surface area (Å²) in [5.74, 6) is -4.07. The molecule has 0 rings (SSSR count). The first kappa shape index (κ1) is 23.8. The van der Waals surface area contributed by atoms with Gasteiger partial charge in [-0.2, -0.15) is 0 Å². The zero-order valence-corrected chi connectivity index (χ0v) is 17.4. The molecule has 0 saturated heterocycles. The molecule has 0 aromatic heterocycles. The first-order valence-electron chi connectivity index (χ1n) is 7.67. The molecular weight excluding hydrogens is 295 g/mol.